The number of nitrogens with one attached hydrogen (secondary N) is 1. The lowest BCUT2D eigenvalue weighted by molar-refractivity contribution is -0.137. The van der Waals surface area contributed by atoms with Crippen LogP contribution in [0.3, 0.4) is 0 Å². The molecule has 3 heterocycles. The molecule has 2 aromatic heterocycles. The third-order valence-corrected chi connectivity index (χ3v) is 8.11. The molecule has 0 aliphatic carbocycles. The van der Waals surface area contributed by atoms with Gasteiger partial charge in [-0.3, -0.25) is 9.69 Å². The van der Waals surface area contributed by atoms with Crippen LogP contribution >= 0.6 is 0 Å². The van der Waals surface area contributed by atoms with E-state index in [-0.39, 0.29) is 5.56 Å². The maximum Gasteiger partial charge on any atom is 0.416 e. The number of rotatable bonds is 7. The molecule has 0 spiro atoms. The molecule has 1 atom stereocenters. The van der Waals surface area contributed by atoms with Crippen molar-refractivity contribution in [3.63, 3.8) is 0 Å². The maximum atomic E-state index is 13.7. The van der Waals surface area contributed by atoms with E-state index in [9.17, 15) is 18.0 Å². The summed E-state index contributed by atoms with van der Waals surface area (Å²) < 4.78 is 41.9. The van der Waals surface area contributed by atoms with Gasteiger partial charge in [0, 0.05) is 54.9 Å². The number of pyridine rings is 1. The summed E-state index contributed by atoms with van der Waals surface area (Å²) in [7, 11) is 0. The van der Waals surface area contributed by atoms with Gasteiger partial charge in [0.15, 0.2) is 5.82 Å². The highest BCUT2D eigenvalue weighted by Gasteiger charge is 2.34. The Morgan fingerprint density at radius 3 is 2.44 bits per heavy atom. The van der Waals surface area contributed by atoms with Gasteiger partial charge in [0.25, 0.3) is 5.56 Å². The number of halogens is 3. The highest BCUT2D eigenvalue weighted by atomic mass is 19.4. The van der Waals surface area contributed by atoms with E-state index < -0.39 is 17.8 Å². The molecular weight excluding hydrogens is 555 g/mol. The lowest BCUT2D eigenvalue weighted by Crippen LogP contribution is -2.49. The molecule has 0 amide bonds. The number of piperazine rings is 1. The van der Waals surface area contributed by atoms with Crippen LogP contribution in [-0.4, -0.2) is 56.3 Å². The van der Waals surface area contributed by atoms with E-state index in [0.29, 0.717) is 56.2 Å². The Bertz CT molecular complexity index is 1790. The average molecular weight is 588 g/mol. The summed E-state index contributed by atoms with van der Waals surface area (Å²) in [6, 6.07) is 20.9. The van der Waals surface area contributed by atoms with E-state index in [1.165, 1.54) is 12.1 Å². The van der Waals surface area contributed by atoms with Crippen molar-refractivity contribution in [1.29, 1.82) is 0 Å². The van der Waals surface area contributed by atoms with Crippen LogP contribution in [0.4, 0.5) is 18.9 Å². The minimum absolute atomic E-state index is 0.222. The van der Waals surface area contributed by atoms with E-state index in [1.54, 1.807) is 10.7 Å². The van der Waals surface area contributed by atoms with Gasteiger partial charge in [0.2, 0.25) is 0 Å². The predicted octanol–water partition coefficient (Wildman–Crippen LogP) is 5.30. The molecule has 1 aliphatic heterocycles. The average Bonchev–Trinajstić information content (AvgIpc) is 3.45. The van der Waals surface area contributed by atoms with Crippen molar-refractivity contribution in [2.75, 3.05) is 31.1 Å². The minimum atomic E-state index is -4.41. The van der Waals surface area contributed by atoms with Crippen molar-refractivity contribution in [3.05, 3.63) is 117 Å². The van der Waals surface area contributed by atoms with E-state index in [4.69, 9.17) is 0 Å². The molecule has 3 aromatic carbocycles. The summed E-state index contributed by atoms with van der Waals surface area (Å²) >= 11 is 0. The van der Waals surface area contributed by atoms with E-state index in [0.717, 1.165) is 33.7 Å². The highest BCUT2D eigenvalue weighted by molar-refractivity contribution is 5.83. The van der Waals surface area contributed by atoms with Gasteiger partial charge < -0.3 is 9.88 Å². The Balaban J connectivity index is 1.35. The smallest absolute Gasteiger partial charge is 0.369 e. The fourth-order valence-electron chi connectivity index (χ4n) is 5.96. The van der Waals surface area contributed by atoms with Gasteiger partial charge in [-0.15, -0.1) is 5.10 Å². The molecule has 43 heavy (non-hydrogen) atoms. The Morgan fingerprint density at radius 2 is 1.70 bits per heavy atom. The van der Waals surface area contributed by atoms with Crippen LogP contribution in [-0.2, 0) is 19.1 Å². The molecule has 222 valence electrons. The number of anilines is 1. The molecule has 0 bridgehead atoms. The summed E-state index contributed by atoms with van der Waals surface area (Å²) in [6.45, 7) is 6.49. The lowest BCUT2D eigenvalue weighted by atomic mass is 9.99. The number of fused-ring (bicyclic) bond motifs is 1. The Hall–Kier alpha value is -4.51. The molecule has 1 aliphatic rings. The summed E-state index contributed by atoms with van der Waals surface area (Å²) in [5.74, 6) is 0.554. The zero-order valence-electron chi connectivity index (χ0n) is 24.0. The fraction of sp³-hybridized carbons (Fsp3) is 0.312. The number of tetrazole rings is 1. The highest BCUT2D eigenvalue weighted by Crippen LogP contribution is 2.33. The molecule has 0 radical (unpaired) electrons. The fourth-order valence-corrected chi connectivity index (χ4v) is 5.96. The summed E-state index contributed by atoms with van der Waals surface area (Å²) in [4.78, 5) is 20.8. The minimum Gasteiger partial charge on any atom is -0.369 e. The van der Waals surface area contributed by atoms with Gasteiger partial charge >= 0.3 is 6.18 Å². The van der Waals surface area contributed by atoms with Crippen LogP contribution in [0, 0.1) is 13.8 Å². The van der Waals surface area contributed by atoms with Crippen molar-refractivity contribution in [1.82, 2.24) is 30.1 Å². The second-order valence-corrected chi connectivity index (χ2v) is 11.1. The molecule has 6 rings (SSSR count). The van der Waals surface area contributed by atoms with Crippen LogP contribution in [0.1, 0.15) is 39.7 Å². The second-order valence-electron chi connectivity index (χ2n) is 11.1. The molecule has 5 aromatic rings. The number of aryl methyl sites for hydroxylation is 4. The second kappa shape index (κ2) is 11.6. The van der Waals surface area contributed by atoms with Crippen LogP contribution in [0.2, 0.25) is 0 Å². The third-order valence-electron chi connectivity index (χ3n) is 8.11. The van der Waals surface area contributed by atoms with Crippen molar-refractivity contribution in [2.24, 2.45) is 0 Å². The number of alkyl halides is 3. The Morgan fingerprint density at radius 1 is 0.930 bits per heavy atom. The van der Waals surface area contributed by atoms with Crippen molar-refractivity contribution >= 4 is 16.6 Å². The zero-order chi connectivity index (χ0) is 30.1. The number of nitrogens with zero attached hydrogens (tertiary/aromatic N) is 6. The number of aromatic nitrogens is 5. The molecule has 0 saturated carbocycles. The molecule has 1 N–H and O–H groups in total. The third kappa shape index (κ3) is 6.03. The SMILES string of the molecule is Cc1cc(C)c2cc([C@@H](c3nnnn3CCc3ccccc3)N3CCN(c4cccc(C(F)(F)F)c4)CC3)c(=O)[nH]c2c1. The standard InChI is InChI=1S/C32H32F3N7O/c1-21-17-22(2)26-20-27(31(43)36-28(26)18-21)29(30-37-38-39-42(30)12-11-23-7-4-3-5-8-23)41-15-13-40(14-16-41)25-10-6-9-24(19-25)32(33,34)35/h3-10,17-20,29H,11-16H2,1-2H3,(H,36,43)/t29-/m0/s1. The molecule has 8 nitrogen and oxygen atoms in total. The normalized spacial score (nSPS) is 15.2. The number of hydrogen-bond donors (Lipinski definition) is 1. The summed E-state index contributed by atoms with van der Waals surface area (Å²) in [5.41, 5.74) is 4.17. The summed E-state index contributed by atoms with van der Waals surface area (Å²) in [5, 5.41) is 13.7. The molecule has 11 heteroatoms. The van der Waals surface area contributed by atoms with Gasteiger partial charge in [-0.05, 0) is 77.7 Å². The Labute approximate surface area is 246 Å². The zero-order valence-corrected chi connectivity index (χ0v) is 24.0. The molecule has 1 fully saturated rings. The number of aromatic amines is 1. The molecule has 0 unspecified atom stereocenters. The topological polar surface area (TPSA) is 82.9 Å². The van der Waals surface area contributed by atoms with Crippen LogP contribution in [0.15, 0.2) is 77.6 Å². The monoisotopic (exact) mass is 587 g/mol. The number of benzene rings is 3. The Kier molecular flexibility index (Phi) is 7.74. The van der Waals surface area contributed by atoms with Crippen molar-refractivity contribution in [3.8, 4) is 0 Å². The number of hydrogen-bond acceptors (Lipinski definition) is 6. The molecular formula is C32H32F3N7O. The maximum absolute atomic E-state index is 13.7. The quantitative estimate of drug-likeness (QED) is 0.278. The first-order valence-electron chi connectivity index (χ1n) is 14.3. The van der Waals surface area contributed by atoms with Gasteiger partial charge in [-0.25, -0.2) is 4.68 Å². The van der Waals surface area contributed by atoms with Crippen molar-refractivity contribution in [2.45, 2.75) is 39.0 Å². The van der Waals surface area contributed by atoms with E-state index in [1.807, 2.05) is 61.2 Å². The van der Waals surface area contributed by atoms with Crippen LogP contribution < -0.4 is 10.5 Å². The van der Waals surface area contributed by atoms with Crippen molar-refractivity contribution < 1.29 is 13.2 Å². The first kappa shape index (κ1) is 28.6. The van der Waals surface area contributed by atoms with E-state index >= 15 is 0 Å². The summed E-state index contributed by atoms with van der Waals surface area (Å²) in [6.07, 6.45) is -3.70. The largest absolute Gasteiger partial charge is 0.416 e. The first-order chi connectivity index (χ1) is 20.7. The molecule has 1 saturated heterocycles. The van der Waals surface area contributed by atoms with Gasteiger partial charge in [0.05, 0.1) is 5.56 Å². The van der Waals surface area contributed by atoms with E-state index in [2.05, 4.69) is 31.5 Å². The number of H-pyrrole nitrogens is 1. The van der Waals surface area contributed by atoms with Gasteiger partial charge in [-0.2, -0.15) is 13.2 Å². The van der Waals surface area contributed by atoms with Gasteiger partial charge in [-0.1, -0.05) is 42.5 Å². The van der Waals surface area contributed by atoms with Crippen LogP contribution in [0.5, 0.6) is 0 Å². The predicted molar refractivity (Wildman–Crippen MR) is 159 cm³/mol. The first-order valence-corrected chi connectivity index (χ1v) is 14.3. The van der Waals surface area contributed by atoms with Crippen LogP contribution in [0.25, 0.3) is 10.9 Å². The van der Waals surface area contributed by atoms with Gasteiger partial charge in [0.1, 0.15) is 6.04 Å². The lowest BCUT2D eigenvalue weighted by Gasteiger charge is -2.39.